The Kier molecular flexibility index (Phi) is 2.37. The largest absolute Gasteiger partial charge is 0.465 e. The molecule has 0 aromatic carbocycles. The molecule has 2 heterocycles. The van der Waals surface area contributed by atoms with E-state index in [9.17, 15) is 9.59 Å². The van der Waals surface area contributed by atoms with Gasteiger partial charge in [-0.2, -0.15) is 0 Å². The fraction of sp³-hybridized carbons (Fsp3) is 0.300. The highest BCUT2D eigenvalue weighted by Gasteiger charge is 2.38. The molecule has 0 fully saturated rings. The first-order chi connectivity index (χ1) is 7.24. The van der Waals surface area contributed by atoms with Crippen LogP contribution in [0.2, 0.25) is 0 Å². The van der Waals surface area contributed by atoms with Crippen LogP contribution in [0, 0.1) is 0 Å². The molecule has 15 heavy (non-hydrogen) atoms. The van der Waals surface area contributed by atoms with Crippen LogP contribution in [-0.2, 0) is 14.3 Å². The molecule has 78 valence electrons. The highest BCUT2D eigenvalue weighted by molar-refractivity contribution is 6.14. The summed E-state index contributed by atoms with van der Waals surface area (Å²) in [5.41, 5.74) is 1.03. The van der Waals surface area contributed by atoms with Gasteiger partial charge in [-0.05, 0) is 19.1 Å². The van der Waals surface area contributed by atoms with Crippen LogP contribution in [0.3, 0.4) is 0 Å². The van der Waals surface area contributed by atoms with Crippen LogP contribution in [0.25, 0.3) is 0 Å². The number of ether oxygens (including phenoxy) is 1. The Morgan fingerprint density at radius 1 is 1.67 bits per heavy atom. The van der Waals surface area contributed by atoms with E-state index in [1.165, 1.54) is 0 Å². The number of hydrogen-bond donors (Lipinski definition) is 1. The predicted octanol–water partition coefficient (Wildman–Crippen LogP) is 0.680. The Morgan fingerprint density at radius 2 is 2.47 bits per heavy atom. The third-order valence-corrected chi connectivity index (χ3v) is 2.15. The summed E-state index contributed by atoms with van der Waals surface area (Å²) in [5.74, 6) is -1.84. The van der Waals surface area contributed by atoms with Crippen molar-refractivity contribution in [3.05, 3.63) is 24.0 Å². The van der Waals surface area contributed by atoms with Crippen molar-refractivity contribution in [3.8, 4) is 0 Å². The quantitative estimate of drug-likeness (QED) is 0.570. The zero-order valence-electron chi connectivity index (χ0n) is 8.19. The van der Waals surface area contributed by atoms with Gasteiger partial charge in [0, 0.05) is 6.20 Å². The molecule has 0 spiro atoms. The molecule has 0 saturated carbocycles. The average Bonchev–Trinajstić information content (AvgIpc) is 2.54. The first-order valence-electron chi connectivity index (χ1n) is 4.66. The molecule has 2 rings (SSSR count). The van der Waals surface area contributed by atoms with Crippen LogP contribution in [0.5, 0.6) is 0 Å². The van der Waals surface area contributed by atoms with Gasteiger partial charge in [-0.3, -0.25) is 14.6 Å². The molecule has 1 unspecified atom stereocenters. The van der Waals surface area contributed by atoms with Gasteiger partial charge < -0.3 is 10.1 Å². The number of rotatable bonds is 2. The number of carbonyl (C=O) groups is 2. The van der Waals surface area contributed by atoms with Crippen LogP contribution >= 0.6 is 0 Å². The van der Waals surface area contributed by atoms with E-state index in [2.05, 4.69) is 10.3 Å². The van der Waals surface area contributed by atoms with E-state index in [1.54, 1.807) is 25.3 Å². The first kappa shape index (κ1) is 9.64. The number of amides is 1. The van der Waals surface area contributed by atoms with Gasteiger partial charge in [-0.15, -0.1) is 0 Å². The molecule has 5 nitrogen and oxygen atoms in total. The van der Waals surface area contributed by atoms with E-state index in [-0.39, 0.29) is 12.5 Å². The lowest BCUT2D eigenvalue weighted by Crippen LogP contribution is -2.23. The maximum atomic E-state index is 11.5. The lowest BCUT2D eigenvalue weighted by Gasteiger charge is -2.06. The normalized spacial score (nSPS) is 18.2. The number of esters is 1. The second kappa shape index (κ2) is 3.68. The standard InChI is InChI=1S/C10H10N2O3/c1-2-15-10(14)7-8-6(12-9(7)13)4-3-5-11-8/h3-5,7H,2H2,1H3,(H,12,13). The average molecular weight is 206 g/mol. The number of nitrogens with zero attached hydrogens (tertiary/aromatic N) is 1. The van der Waals surface area contributed by atoms with E-state index in [0.29, 0.717) is 11.4 Å². The Bertz CT molecular complexity index is 417. The van der Waals surface area contributed by atoms with Crippen LogP contribution in [0.4, 0.5) is 5.69 Å². The number of carbonyl (C=O) groups excluding carboxylic acids is 2. The third kappa shape index (κ3) is 1.56. The van der Waals surface area contributed by atoms with Crippen molar-refractivity contribution in [1.29, 1.82) is 0 Å². The molecular weight excluding hydrogens is 196 g/mol. The Labute approximate surface area is 86.5 Å². The summed E-state index contributed by atoms with van der Waals surface area (Å²) in [5, 5.41) is 2.58. The lowest BCUT2D eigenvalue weighted by atomic mass is 10.1. The van der Waals surface area contributed by atoms with Gasteiger partial charge in [0.05, 0.1) is 18.0 Å². The fourth-order valence-electron chi connectivity index (χ4n) is 1.53. The zero-order chi connectivity index (χ0) is 10.8. The first-order valence-corrected chi connectivity index (χ1v) is 4.66. The van der Waals surface area contributed by atoms with Gasteiger partial charge >= 0.3 is 5.97 Å². The van der Waals surface area contributed by atoms with Crippen molar-refractivity contribution in [3.63, 3.8) is 0 Å². The summed E-state index contributed by atoms with van der Waals surface area (Å²) in [6.07, 6.45) is 1.55. The van der Waals surface area contributed by atoms with E-state index in [4.69, 9.17) is 4.74 Å². The van der Waals surface area contributed by atoms with Crippen LogP contribution < -0.4 is 5.32 Å². The van der Waals surface area contributed by atoms with Gasteiger partial charge in [0.15, 0.2) is 5.92 Å². The van der Waals surface area contributed by atoms with Gasteiger partial charge in [0.2, 0.25) is 5.91 Å². The summed E-state index contributed by atoms with van der Waals surface area (Å²) in [7, 11) is 0. The van der Waals surface area contributed by atoms with Crippen LogP contribution in [0.15, 0.2) is 18.3 Å². The lowest BCUT2D eigenvalue weighted by molar-refractivity contribution is -0.147. The van der Waals surface area contributed by atoms with Crippen molar-refractivity contribution in [2.75, 3.05) is 11.9 Å². The second-order valence-corrected chi connectivity index (χ2v) is 3.11. The number of anilines is 1. The molecule has 5 heteroatoms. The third-order valence-electron chi connectivity index (χ3n) is 2.15. The second-order valence-electron chi connectivity index (χ2n) is 3.11. The molecule has 1 aliphatic rings. The van der Waals surface area contributed by atoms with Gasteiger partial charge in [-0.25, -0.2) is 0 Å². The maximum absolute atomic E-state index is 11.5. The van der Waals surface area contributed by atoms with E-state index >= 15 is 0 Å². The summed E-state index contributed by atoms with van der Waals surface area (Å²) in [4.78, 5) is 27.0. The van der Waals surface area contributed by atoms with E-state index in [1.807, 2.05) is 0 Å². The molecule has 1 aromatic heterocycles. The number of aromatic nitrogens is 1. The Morgan fingerprint density at radius 3 is 3.20 bits per heavy atom. The molecule has 0 radical (unpaired) electrons. The smallest absolute Gasteiger partial charge is 0.324 e. The maximum Gasteiger partial charge on any atom is 0.324 e. The zero-order valence-corrected chi connectivity index (χ0v) is 8.19. The number of hydrogen-bond acceptors (Lipinski definition) is 4. The molecule has 1 N–H and O–H groups in total. The summed E-state index contributed by atoms with van der Waals surface area (Å²) in [6, 6.07) is 3.41. The van der Waals surface area contributed by atoms with Crippen LogP contribution in [0.1, 0.15) is 18.5 Å². The van der Waals surface area contributed by atoms with Crippen molar-refractivity contribution >= 4 is 17.6 Å². The van der Waals surface area contributed by atoms with Crippen LogP contribution in [-0.4, -0.2) is 23.5 Å². The molecular formula is C10H10N2O3. The minimum Gasteiger partial charge on any atom is -0.465 e. The summed E-state index contributed by atoms with van der Waals surface area (Å²) in [6.45, 7) is 1.95. The number of fused-ring (bicyclic) bond motifs is 1. The topological polar surface area (TPSA) is 68.3 Å². The molecule has 1 atom stereocenters. The minimum atomic E-state index is -0.916. The fourth-order valence-corrected chi connectivity index (χ4v) is 1.53. The predicted molar refractivity (Wildman–Crippen MR) is 52.2 cm³/mol. The highest BCUT2D eigenvalue weighted by atomic mass is 16.5. The molecule has 1 aliphatic heterocycles. The summed E-state index contributed by atoms with van der Waals surface area (Å²) < 4.78 is 4.81. The van der Waals surface area contributed by atoms with E-state index in [0.717, 1.165) is 0 Å². The Balaban J connectivity index is 2.33. The highest BCUT2D eigenvalue weighted by Crippen LogP contribution is 2.30. The van der Waals surface area contributed by atoms with Crippen molar-refractivity contribution in [1.82, 2.24) is 4.98 Å². The van der Waals surface area contributed by atoms with Crippen molar-refractivity contribution in [2.24, 2.45) is 0 Å². The van der Waals surface area contributed by atoms with Crippen molar-refractivity contribution < 1.29 is 14.3 Å². The van der Waals surface area contributed by atoms with E-state index < -0.39 is 11.9 Å². The Hall–Kier alpha value is -1.91. The van der Waals surface area contributed by atoms with Gasteiger partial charge in [-0.1, -0.05) is 0 Å². The summed E-state index contributed by atoms with van der Waals surface area (Å²) >= 11 is 0. The van der Waals surface area contributed by atoms with Gasteiger partial charge in [0.1, 0.15) is 0 Å². The minimum absolute atomic E-state index is 0.255. The molecule has 1 amide bonds. The molecule has 1 aromatic rings. The molecule has 0 aliphatic carbocycles. The van der Waals surface area contributed by atoms with Crippen molar-refractivity contribution in [2.45, 2.75) is 12.8 Å². The number of nitrogens with one attached hydrogen (secondary N) is 1. The molecule has 0 saturated heterocycles. The van der Waals surface area contributed by atoms with Gasteiger partial charge in [0.25, 0.3) is 0 Å². The molecule has 0 bridgehead atoms. The SMILES string of the molecule is CCOC(=O)C1C(=O)Nc2cccnc21. The monoisotopic (exact) mass is 206 g/mol. The number of pyridine rings is 1.